The summed E-state index contributed by atoms with van der Waals surface area (Å²) < 4.78 is 7.33. The third-order valence-electron chi connectivity index (χ3n) is 4.91. The van der Waals surface area contributed by atoms with Gasteiger partial charge in [-0.2, -0.15) is 10.4 Å². The summed E-state index contributed by atoms with van der Waals surface area (Å²) in [6.07, 6.45) is 2.68. The van der Waals surface area contributed by atoms with Crippen molar-refractivity contribution < 1.29 is 4.74 Å². The summed E-state index contributed by atoms with van der Waals surface area (Å²) in [5.41, 5.74) is 5.52. The van der Waals surface area contributed by atoms with Gasteiger partial charge in [-0.1, -0.05) is 24.5 Å². The Morgan fingerprint density at radius 1 is 1.26 bits per heavy atom. The van der Waals surface area contributed by atoms with E-state index in [4.69, 9.17) is 22.9 Å². The number of nitrogens with zero attached hydrogens (tertiary/aromatic N) is 4. The molecule has 4 rings (SSSR count). The number of nitriles is 1. The molecule has 0 spiro atoms. The number of ether oxygens (including phenoxy) is 1. The van der Waals surface area contributed by atoms with Crippen LogP contribution in [-0.2, 0) is 13.5 Å². The lowest BCUT2D eigenvalue weighted by molar-refractivity contribution is 0.411. The zero-order valence-corrected chi connectivity index (χ0v) is 15.4. The largest absolute Gasteiger partial charge is 0.496 e. The molecule has 0 aliphatic heterocycles. The third kappa shape index (κ3) is 2.63. The number of aryl methyl sites for hydroxylation is 2. The number of rotatable bonds is 3. The van der Waals surface area contributed by atoms with E-state index in [-0.39, 0.29) is 0 Å². The van der Waals surface area contributed by atoms with Crippen molar-refractivity contribution in [3.8, 4) is 23.1 Å². The molecule has 5 nitrogen and oxygen atoms in total. The Balaban J connectivity index is 2.08. The first-order valence-corrected chi connectivity index (χ1v) is 8.69. The highest BCUT2D eigenvalue weighted by molar-refractivity contribution is 6.34. The molecule has 0 atom stereocenters. The number of methoxy groups -OCH3 is 1. The standard InChI is InChI=1S/C21H17BN4O/c1-4-12-7-15-17(9-19(12)27-3)24-11-18-20(15)21(25-26(18)2)13-5-6-14(10-23)16(22)8-13/h5-9,11H,4H2,1-3H3. The van der Waals surface area contributed by atoms with Crippen molar-refractivity contribution in [2.24, 2.45) is 7.05 Å². The normalized spacial score (nSPS) is 11.0. The van der Waals surface area contributed by atoms with Crippen molar-refractivity contribution in [3.05, 3.63) is 47.7 Å². The molecule has 2 heterocycles. The van der Waals surface area contributed by atoms with Gasteiger partial charge in [0.05, 0.1) is 30.4 Å². The van der Waals surface area contributed by atoms with Crippen molar-refractivity contribution in [2.75, 3.05) is 7.11 Å². The molecule has 2 aromatic carbocycles. The SMILES string of the molecule is [B]c1cc(-c2nn(C)c3cnc4cc(OC)c(CC)cc4c23)ccc1C#N. The Kier molecular flexibility index (Phi) is 4.08. The van der Waals surface area contributed by atoms with Crippen LogP contribution in [0, 0.1) is 11.3 Å². The first-order chi connectivity index (χ1) is 13.1. The van der Waals surface area contributed by atoms with E-state index in [1.54, 1.807) is 19.2 Å². The van der Waals surface area contributed by atoms with E-state index < -0.39 is 0 Å². The molecule has 0 amide bonds. The predicted molar refractivity (Wildman–Crippen MR) is 107 cm³/mol. The molecule has 0 bridgehead atoms. The summed E-state index contributed by atoms with van der Waals surface area (Å²) in [4.78, 5) is 4.60. The lowest BCUT2D eigenvalue weighted by atomic mass is 9.88. The number of fused-ring (bicyclic) bond motifs is 3. The lowest BCUT2D eigenvalue weighted by Gasteiger charge is -2.10. The van der Waals surface area contributed by atoms with Crippen LogP contribution in [0.3, 0.4) is 0 Å². The van der Waals surface area contributed by atoms with Gasteiger partial charge in [0.2, 0.25) is 0 Å². The maximum atomic E-state index is 9.13. The van der Waals surface area contributed by atoms with Gasteiger partial charge in [0, 0.05) is 35.0 Å². The zero-order valence-electron chi connectivity index (χ0n) is 15.4. The maximum absolute atomic E-state index is 9.13. The van der Waals surface area contributed by atoms with Crippen molar-refractivity contribution in [1.82, 2.24) is 14.8 Å². The van der Waals surface area contributed by atoms with E-state index >= 15 is 0 Å². The van der Waals surface area contributed by atoms with E-state index in [1.807, 2.05) is 30.1 Å². The fourth-order valence-corrected chi connectivity index (χ4v) is 3.48. The van der Waals surface area contributed by atoms with Gasteiger partial charge >= 0.3 is 0 Å². The second-order valence-electron chi connectivity index (χ2n) is 6.44. The van der Waals surface area contributed by atoms with Crippen LogP contribution < -0.4 is 10.2 Å². The van der Waals surface area contributed by atoms with Gasteiger partial charge in [-0.25, -0.2) is 0 Å². The minimum Gasteiger partial charge on any atom is -0.496 e. The van der Waals surface area contributed by atoms with Gasteiger partial charge in [0.1, 0.15) is 19.3 Å². The Hall–Kier alpha value is -3.33. The Bertz CT molecular complexity index is 1240. The zero-order chi connectivity index (χ0) is 19.1. The number of benzene rings is 2. The molecule has 2 aromatic heterocycles. The van der Waals surface area contributed by atoms with Crippen LogP contribution in [0.2, 0.25) is 0 Å². The summed E-state index contributed by atoms with van der Waals surface area (Å²) >= 11 is 0. The van der Waals surface area contributed by atoms with E-state index in [9.17, 15) is 0 Å². The van der Waals surface area contributed by atoms with Gasteiger partial charge in [-0.15, -0.1) is 0 Å². The second-order valence-corrected chi connectivity index (χ2v) is 6.44. The van der Waals surface area contributed by atoms with E-state index in [2.05, 4.69) is 24.0 Å². The maximum Gasteiger partial charge on any atom is 0.124 e. The summed E-state index contributed by atoms with van der Waals surface area (Å²) in [6, 6.07) is 11.6. The number of hydrogen-bond acceptors (Lipinski definition) is 4. The van der Waals surface area contributed by atoms with Gasteiger partial charge in [0.15, 0.2) is 0 Å². The molecule has 0 saturated heterocycles. The first-order valence-electron chi connectivity index (χ1n) is 8.69. The fourth-order valence-electron chi connectivity index (χ4n) is 3.48. The molecule has 6 heteroatoms. The van der Waals surface area contributed by atoms with Crippen LogP contribution >= 0.6 is 0 Å². The topological polar surface area (TPSA) is 63.7 Å². The minimum absolute atomic E-state index is 0.447. The van der Waals surface area contributed by atoms with Gasteiger partial charge in [-0.3, -0.25) is 9.67 Å². The molecule has 0 unspecified atom stereocenters. The van der Waals surface area contributed by atoms with Crippen molar-refractivity contribution in [3.63, 3.8) is 0 Å². The first kappa shape index (κ1) is 17.1. The van der Waals surface area contributed by atoms with E-state index in [1.165, 1.54) is 0 Å². The quantitative estimate of drug-likeness (QED) is 0.532. The van der Waals surface area contributed by atoms with Gasteiger partial charge in [-0.05, 0) is 24.1 Å². The molecule has 2 radical (unpaired) electrons. The van der Waals surface area contributed by atoms with Gasteiger partial charge < -0.3 is 4.74 Å². The van der Waals surface area contributed by atoms with Crippen LogP contribution in [0.5, 0.6) is 5.75 Å². The van der Waals surface area contributed by atoms with E-state index in [0.29, 0.717) is 11.0 Å². The molecule has 0 aliphatic rings. The smallest absolute Gasteiger partial charge is 0.124 e. The number of aromatic nitrogens is 3. The fraction of sp³-hybridized carbons (Fsp3) is 0.190. The molecule has 0 N–H and O–H groups in total. The minimum atomic E-state index is 0.447. The molecule has 0 fully saturated rings. The van der Waals surface area contributed by atoms with Crippen LogP contribution in [0.25, 0.3) is 33.1 Å². The highest BCUT2D eigenvalue weighted by Gasteiger charge is 2.17. The molecule has 130 valence electrons. The number of pyridine rings is 1. The summed E-state index contributed by atoms with van der Waals surface area (Å²) in [7, 11) is 9.60. The van der Waals surface area contributed by atoms with E-state index in [0.717, 1.165) is 50.8 Å². The average molecular weight is 352 g/mol. The molecular formula is C21H17BN4O. The average Bonchev–Trinajstić information content (AvgIpc) is 3.03. The molecule has 4 aromatic rings. The van der Waals surface area contributed by atoms with Crippen molar-refractivity contribution in [2.45, 2.75) is 13.3 Å². The summed E-state index contributed by atoms with van der Waals surface area (Å²) in [6.45, 7) is 2.10. The Morgan fingerprint density at radius 2 is 2.07 bits per heavy atom. The second kappa shape index (κ2) is 6.44. The molecule has 27 heavy (non-hydrogen) atoms. The summed E-state index contributed by atoms with van der Waals surface area (Å²) in [5, 5.41) is 15.9. The Morgan fingerprint density at radius 3 is 2.74 bits per heavy atom. The number of hydrogen-bond donors (Lipinski definition) is 0. The van der Waals surface area contributed by atoms with Crippen molar-refractivity contribution >= 4 is 35.1 Å². The lowest BCUT2D eigenvalue weighted by Crippen LogP contribution is -2.07. The third-order valence-corrected chi connectivity index (χ3v) is 4.91. The molecule has 0 saturated carbocycles. The van der Waals surface area contributed by atoms with Crippen LogP contribution in [0.15, 0.2) is 36.5 Å². The van der Waals surface area contributed by atoms with Crippen LogP contribution in [-0.4, -0.2) is 29.7 Å². The molecule has 0 aliphatic carbocycles. The van der Waals surface area contributed by atoms with Crippen LogP contribution in [0.1, 0.15) is 18.1 Å². The highest BCUT2D eigenvalue weighted by Crippen LogP contribution is 2.35. The highest BCUT2D eigenvalue weighted by atomic mass is 16.5. The van der Waals surface area contributed by atoms with Gasteiger partial charge in [0.25, 0.3) is 0 Å². The monoisotopic (exact) mass is 352 g/mol. The Labute approximate surface area is 158 Å². The summed E-state index contributed by atoms with van der Waals surface area (Å²) in [5.74, 6) is 0.838. The predicted octanol–water partition coefficient (Wildman–Crippen LogP) is 3.02. The molecular weight excluding hydrogens is 335 g/mol. The van der Waals surface area contributed by atoms with Crippen molar-refractivity contribution in [1.29, 1.82) is 5.26 Å². The van der Waals surface area contributed by atoms with Crippen LogP contribution in [0.4, 0.5) is 0 Å².